The summed E-state index contributed by atoms with van der Waals surface area (Å²) in [4.78, 5) is 17.7. The number of pyridine rings is 1. The molecule has 3 heterocycles. The molecule has 0 fully saturated rings. The van der Waals surface area contributed by atoms with Gasteiger partial charge in [-0.25, -0.2) is 9.67 Å². The number of anilines is 1. The molecule has 6 heteroatoms. The summed E-state index contributed by atoms with van der Waals surface area (Å²) in [7, 11) is 1.83. The second-order valence-electron chi connectivity index (χ2n) is 5.41. The van der Waals surface area contributed by atoms with Gasteiger partial charge in [0.25, 0.3) is 5.91 Å². The Hall–Kier alpha value is -2.73. The largest absolute Gasteiger partial charge is 0.304 e. The minimum Gasteiger partial charge on any atom is -0.304 e. The van der Waals surface area contributed by atoms with Crippen LogP contribution in [0.25, 0.3) is 21.9 Å². The maximum atomic E-state index is 12.3. The molecule has 1 amide bonds. The average molecular weight is 322 g/mol. The normalized spacial score (nSPS) is 11.2. The first-order valence-corrected chi connectivity index (χ1v) is 8.09. The van der Waals surface area contributed by atoms with Crippen LogP contribution in [-0.2, 0) is 7.05 Å². The fraction of sp³-hybridized carbons (Fsp3) is 0.118. The molecule has 1 N–H and O–H groups in total. The van der Waals surface area contributed by atoms with Crippen LogP contribution in [0.4, 0.5) is 5.82 Å². The number of rotatable bonds is 2. The predicted octanol–water partition coefficient (Wildman–Crippen LogP) is 3.74. The van der Waals surface area contributed by atoms with Gasteiger partial charge in [0.15, 0.2) is 11.5 Å². The molecule has 0 unspecified atom stereocenters. The molecule has 0 atom stereocenters. The molecule has 0 saturated heterocycles. The number of aromatic nitrogens is 3. The molecule has 0 aliphatic carbocycles. The van der Waals surface area contributed by atoms with Crippen molar-refractivity contribution in [2.45, 2.75) is 6.92 Å². The van der Waals surface area contributed by atoms with Crippen LogP contribution in [0.15, 0.2) is 41.8 Å². The number of para-hydroxylation sites is 1. The molecule has 0 spiro atoms. The third-order valence-electron chi connectivity index (χ3n) is 3.82. The smallest absolute Gasteiger partial charge is 0.266 e. The number of fused-ring (bicyclic) bond motifs is 2. The maximum Gasteiger partial charge on any atom is 0.266 e. The van der Waals surface area contributed by atoms with Gasteiger partial charge in [-0.15, -0.1) is 11.3 Å². The average Bonchev–Trinajstić information content (AvgIpc) is 3.16. The van der Waals surface area contributed by atoms with E-state index in [1.165, 1.54) is 11.3 Å². The van der Waals surface area contributed by atoms with E-state index in [0.29, 0.717) is 10.7 Å². The Kier molecular flexibility index (Phi) is 3.12. The third kappa shape index (κ3) is 2.27. The molecule has 4 rings (SSSR count). The highest BCUT2D eigenvalue weighted by Crippen LogP contribution is 2.27. The Bertz CT molecular complexity index is 1030. The van der Waals surface area contributed by atoms with E-state index in [2.05, 4.69) is 10.4 Å². The quantitative estimate of drug-likeness (QED) is 0.611. The molecule has 1 aromatic carbocycles. The van der Waals surface area contributed by atoms with E-state index in [4.69, 9.17) is 4.98 Å². The van der Waals surface area contributed by atoms with Crippen molar-refractivity contribution in [2.24, 2.45) is 7.05 Å². The molecule has 0 aliphatic heterocycles. The Morgan fingerprint density at radius 1 is 1.26 bits per heavy atom. The van der Waals surface area contributed by atoms with E-state index in [9.17, 15) is 4.79 Å². The molecule has 0 aliphatic rings. The number of benzene rings is 1. The van der Waals surface area contributed by atoms with Gasteiger partial charge in [0, 0.05) is 12.4 Å². The van der Waals surface area contributed by atoms with Gasteiger partial charge < -0.3 is 5.32 Å². The molecule has 5 nitrogen and oxygen atoms in total. The van der Waals surface area contributed by atoms with Gasteiger partial charge in [0.1, 0.15) is 0 Å². The highest BCUT2D eigenvalue weighted by atomic mass is 32.1. The number of nitrogens with one attached hydrogen (secondary N) is 1. The number of hydrogen-bond donors (Lipinski definition) is 1. The minimum absolute atomic E-state index is 0.149. The lowest BCUT2D eigenvalue weighted by molar-refractivity contribution is 0.103. The topological polar surface area (TPSA) is 59.8 Å². The minimum atomic E-state index is -0.149. The van der Waals surface area contributed by atoms with E-state index in [1.807, 2.05) is 49.7 Å². The number of aryl methyl sites for hydroxylation is 2. The molecular weight excluding hydrogens is 308 g/mol. The molecule has 0 radical (unpaired) electrons. The molecular formula is C17H14N4OS. The Morgan fingerprint density at radius 2 is 2.13 bits per heavy atom. The lowest BCUT2D eigenvalue weighted by atomic mass is 10.1. The first-order valence-electron chi connectivity index (χ1n) is 7.21. The van der Waals surface area contributed by atoms with Gasteiger partial charge in [-0.3, -0.25) is 4.79 Å². The molecule has 4 aromatic rings. The van der Waals surface area contributed by atoms with Crippen molar-refractivity contribution in [1.29, 1.82) is 0 Å². The Labute approximate surface area is 136 Å². The zero-order chi connectivity index (χ0) is 16.0. The summed E-state index contributed by atoms with van der Waals surface area (Å²) in [5, 5.41) is 11.1. The van der Waals surface area contributed by atoms with Crippen LogP contribution in [0.3, 0.4) is 0 Å². The molecule has 23 heavy (non-hydrogen) atoms. The monoisotopic (exact) mass is 322 g/mol. The van der Waals surface area contributed by atoms with Gasteiger partial charge in [-0.2, -0.15) is 5.10 Å². The summed E-state index contributed by atoms with van der Waals surface area (Å²) >= 11 is 1.40. The van der Waals surface area contributed by atoms with Crippen LogP contribution in [0, 0.1) is 6.92 Å². The summed E-state index contributed by atoms with van der Waals surface area (Å²) in [6.07, 6.45) is 0. The van der Waals surface area contributed by atoms with Crippen LogP contribution >= 0.6 is 11.3 Å². The summed E-state index contributed by atoms with van der Waals surface area (Å²) < 4.78 is 1.70. The zero-order valence-electron chi connectivity index (χ0n) is 12.7. The van der Waals surface area contributed by atoms with Crippen LogP contribution in [0.5, 0.6) is 0 Å². The van der Waals surface area contributed by atoms with Crippen molar-refractivity contribution < 1.29 is 4.79 Å². The van der Waals surface area contributed by atoms with Crippen molar-refractivity contribution in [3.05, 3.63) is 52.2 Å². The van der Waals surface area contributed by atoms with Gasteiger partial charge in [-0.05, 0) is 30.0 Å². The van der Waals surface area contributed by atoms with Crippen LogP contribution < -0.4 is 5.32 Å². The van der Waals surface area contributed by atoms with Crippen LogP contribution in [0.1, 0.15) is 15.2 Å². The third-order valence-corrected chi connectivity index (χ3v) is 4.68. The van der Waals surface area contributed by atoms with Crippen LogP contribution in [0.2, 0.25) is 0 Å². The van der Waals surface area contributed by atoms with Gasteiger partial charge in [-0.1, -0.05) is 24.3 Å². The van der Waals surface area contributed by atoms with Gasteiger partial charge >= 0.3 is 0 Å². The summed E-state index contributed by atoms with van der Waals surface area (Å²) in [6.45, 7) is 2.04. The lowest BCUT2D eigenvalue weighted by Crippen LogP contribution is -2.11. The van der Waals surface area contributed by atoms with E-state index in [0.717, 1.165) is 27.5 Å². The second kappa shape index (κ2) is 5.17. The number of carbonyl (C=O) groups excluding carboxylic acids is 1. The number of carbonyl (C=O) groups is 1. The highest BCUT2D eigenvalue weighted by Gasteiger charge is 2.15. The van der Waals surface area contributed by atoms with Crippen molar-refractivity contribution in [2.75, 3.05) is 5.32 Å². The molecule has 0 bridgehead atoms. The van der Waals surface area contributed by atoms with Gasteiger partial charge in [0.2, 0.25) is 0 Å². The highest BCUT2D eigenvalue weighted by molar-refractivity contribution is 7.12. The SMILES string of the molecule is Cc1cccc2cc3c(NC(=O)c4cccs4)nn(C)c3nc12. The summed E-state index contributed by atoms with van der Waals surface area (Å²) in [5.74, 6) is 0.390. The summed E-state index contributed by atoms with van der Waals surface area (Å²) in [6, 6.07) is 11.7. The maximum absolute atomic E-state index is 12.3. The number of nitrogens with zero attached hydrogens (tertiary/aromatic N) is 3. The first-order chi connectivity index (χ1) is 11.1. The second-order valence-corrected chi connectivity index (χ2v) is 6.36. The van der Waals surface area contributed by atoms with Gasteiger partial charge in [0.05, 0.1) is 15.8 Å². The number of thiophene rings is 1. The van der Waals surface area contributed by atoms with Crippen molar-refractivity contribution in [1.82, 2.24) is 14.8 Å². The number of amides is 1. The standard InChI is InChI=1S/C17H14N4OS/c1-10-5-3-6-11-9-12-15(19-17(22)13-7-4-8-23-13)20-21(2)16(12)18-14(10)11/h3-9H,1-2H3,(H,19,20,22). The van der Waals surface area contributed by atoms with Crippen LogP contribution in [-0.4, -0.2) is 20.7 Å². The fourth-order valence-electron chi connectivity index (χ4n) is 2.68. The zero-order valence-corrected chi connectivity index (χ0v) is 13.5. The van der Waals surface area contributed by atoms with Crippen molar-refractivity contribution in [3.63, 3.8) is 0 Å². The van der Waals surface area contributed by atoms with E-state index < -0.39 is 0 Å². The predicted molar refractivity (Wildman–Crippen MR) is 93.0 cm³/mol. The number of hydrogen-bond acceptors (Lipinski definition) is 4. The van der Waals surface area contributed by atoms with E-state index in [-0.39, 0.29) is 5.91 Å². The summed E-state index contributed by atoms with van der Waals surface area (Å²) in [5.41, 5.74) is 2.84. The van der Waals surface area contributed by atoms with Crippen molar-refractivity contribution in [3.8, 4) is 0 Å². The molecule has 3 aromatic heterocycles. The van der Waals surface area contributed by atoms with E-state index in [1.54, 1.807) is 10.7 Å². The lowest BCUT2D eigenvalue weighted by Gasteiger charge is -2.03. The molecule has 0 saturated carbocycles. The fourth-order valence-corrected chi connectivity index (χ4v) is 3.30. The van der Waals surface area contributed by atoms with Crippen molar-refractivity contribution >= 4 is 45.0 Å². The Morgan fingerprint density at radius 3 is 2.91 bits per heavy atom. The first kappa shape index (κ1) is 13.9. The van der Waals surface area contributed by atoms with E-state index >= 15 is 0 Å². The molecule has 114 valence electrons. The Balaban J connectivity index is 1.86.